The molecular weight excluding hydrogens is 352 g/mol. The Labute approximate surface area is 172 Å². The summed E-state index contributed by atoms with van der Waals surface area (Å²) in [6.45, 7) is 13.7. The third kappa shape index (κ3) is 7.50. The first-order valence-electron chi connectivity index (χ1n) is 11.3. The molecule has 0 amide bonds. The van der Waals surface area contributed by atoms with Crippen molar-refractivity contribution in [2.75, 3.05) is 13.2 Å². The summed E-state index contributed by atoms with van der Waals surface area (Å²) < 4.78 is 11.6. The van der Waals surface area contributed by atoms with E-state index in [-0.39, 0.29) is 28.8 Å². The molecule has 0 N–H and O–H groups in total. The molecule has 2 rings (SSSR count). The molecule has 0 aromatic rings. The Morgan fingerprint density at radius 2 is 1.18 bits per heavy atom. The third-order valence-electron chi connectivity index (χ3n) is 6.35. The van der Waals surface area contributed by atoms with E-state index in [1.165, 1.54) is 12.8 Å². The van der Waals surface area contributed by atoms with Gasteiger partial charge in [0.15, 0.2) is 0 Å². The lowest BCUT2D eigenvalue weighted by atomic mass is 9.73. The molecule has 2 saturated carbocycles. The molecular formula is C24H42O4. The molecule has 0 spiro atoms. The van der Waals surface area contributed by atoms with Gasteiger partial charge in [-0.05, 0) is 84.0 Å². The van der Waals surface area contributed by atoms with Crippen LogP contribution in [0.25, 0.3) is 0 Å². The fraction of sp³-hybridized carbons (Fsp3) is 0.917. The van der Waals surface area contributed by atoms with Gasteiger partial charge in [-0.2, -0.15) is 0 Å². The molecule has 2 aliphatic carbocycles. The van der Waals surface area contributed by atoms with E-state index < -0.39 is 0 Å². The summed E-state index contributed by atoms with van der Waals surface area (Å²) in [5.41, 5.74) is -0.350. The molecule has 0 saturated heterocycles. The Balaban J connectivity index is 1.64. The second-order valence-corrected chi connectivity index (χ2v) is 11.1. The normalized spacial score (nSPS) is 29.4. The summed E-state index contributed by atoms with van der Waals surface area (Å²) in [6, 6.07) is 0. The number of esters is 1. The predicted molar refractivity (Wildman–Crippen MR) is 112 cm³/mol. The predicted octanol–water partition coefficient (Wildman–Crippen LogP) is 5.57. The molecule has 0 atom stereocenters. The molecule has 162 valence electrons. The molecule has 0 bridgehead atoms. The highest BCUT2D eigenvalue weighted by molar-refractivity contribution is 5.86. The topological polar surface area (TPSA) is 52.6 Å². The molecule has 0 radical (unpaired) electrons. The van der Waals surface area contributed by atoms with E-state index in [0.29, 0.717) is 24.2 Å². The maximum atomic E-state index is 12.5. The number of ether oxygens (including phenoxy) is 2. The van der Waals surface area contributed by atoms with E-state index in [2.05, 4.69) is 20.8 Å². The molecule has 4 heteroatoms. The second kappa shape index (κ2) is 9.73. The van der Waals surface area contributed by atoms with Crippen molar-refractivity contribution in [2.24, 2.45) is 29.1 Å². The first-order chi connectivity index (χ1) is 13.0. The van der Waals surface area contributed by atoms with Crippen molar-refractivity contribution in [3.63, 3.8) is 0 Å². The highest BCUT2D eigenvalue weighted by Gasteiger charge is 2.35. The minimum Gasteiger partial charge on any atom is -0.465 e. The lowest BCUT2D eigenvalue weighted by Crippen LogP contribution is -2.33. The van der Waals surface area contributed by atoms with E-state index in [1.54, 1.807) is 0 Å². The number of hydrogen-bond donors (Lipinski definition) is 0. The van der Waals surface area contributed by atoms with Gasteiger partial charge >= 0.3 is 5.97 Å². The number of rotatable bonds is 6. The standard InChI is InChI=1S/C24H42O4/c1-23(2,3)21(25)19-11-13-20(14-12-19)22(26)27-15-17-7-9-18(10-8-17)16-28-24(4,5)6/h17-20H,7-16H2,1-6H3. The summed E-state index contributed by atoms with van der Waals surface area (Å²) in [5.74, 6) is 1.54. The van der Waals surface area contributed by atoms with E-state index in [4.69, 9.17) is 9.47 Å². The Kier molecular flexibility index (Phi) is 8.13. The van der Waals surface area contributed by atoms with Crippen LogP contribution < -0.4 is 0 Å². The zero-order valence-electron chi connectivity index (χ0n) is 19.0. The van der Waals surface area contributed by atoms with E-state index >= 15 is 0 Å². The molecule has 0 aliphatic heterocycles. The minimum atomic E-state index is -0.283. The molecule has 0 aromatic carbocycles. The zero-order valence-corrected chi connectivity index (χ0v) is 19.0. The zero-order chi connectivity index (χ0) is 20.9. The number of carbonyl (C=O) groups excluding carboxylic acids is 2. The van der Waals surface area contributed by atoms with Crippen LogP contribution >= 0.6 is 0 Å². The summed E-state index contributed by atoms with van der Waals surface area (Å²) in [5, 5.41) is 0. The van der Waals surface area contributed by atoms with Crippen LogP contribution in [-0.2, 0) is 19.1 Å². The molecule has 0 aromatic heterocycles. The average Bonchev–Trinajstić information content (AvgIpc) is 2.63. The van der Waals surface area contributed by atoms with Crippen molar-refractivity contribution < 1.29 is 19.1 Å². The van der Waals surface area contributed by atoms with Gasteiger partial charge in [-0.25, -0.2) is 0 Å². The van der Waals surface area contributed by atoms with Crippen molar-refractivity contribution in [2.45, 2.75) is 98.5 Å². The molecule has 0 unspecified atom stereocenters. The highest BCUT2D eigenvalue weighted by Crippen LogP contribution is 2.35. The molecule has 2 aliphatic rings. The van der Waals surface area contributed by atoms with Crippen molar-refractivity contribution in [3.8, 4) is 0 Å². The maximum absolute atomic E-state index is 12.5. The van der Waals surface area contributed by atoms with Gasteiger partial charge in [0.2, 0.25) is 0 Å². The minimum absolute atomic E-state index is 0.0134. The summed E-state index contributed by atoms with van der Waals surface area (Å²) >= 11 is 0. The van der Waals surface area contributed by atoms with Gasteiger partial charge in [-0.3, -0.25) is 9.59 Å². The molecule has 4 nitrogen and oxygen atoms in total. The Morgan fingerprint density at radius 3 is 1.64 bits per heavy atom. The monoisotopic (exact) mass is 394 g/mol. The summed E-state index contributed by atoms with van der Waals surface area (Å²) in [7, 11) is 0. The Bertz CT molecular complexity index is 510. The second-order valence-electron chi connectivity index (χ2n) is 11.1. The van der Waals surface area contributed by atoms with Crippen LogP contribution in [0.4, 0.5) is 0 Å². The van der Waals surface area contributed by atoms with E-state index in [0.717, 1.165) is 45.1 Å². The largest absolute Gasteiger partial charge is 0.465 e. The van der Waals surface area contributed by atoms with Gasteiger partial charge in [-0.1, -0.05) is 20.8 Å². The number of Topliss-reactive ketones (excluding diaryl/α,β-unsaturated/α-hetero) is 1. The Hall–Kier alpha value is -0.900. The van der Waals surface area contributed by atoms with Crippen molar-refractivity contribution in [3.05, 3.63) is 0 Å². The summed E-state index contributed by atoms with van der Waals surface area (Å²) in [6.07, 6.45) is 7.82. The van der Waals surface area contributed by atoms with Crippen LogP contribution in [0.2, 0.25) is 0 Å². The van der Waals surface area contributed by atoms with Crippen LogP contribution in [0.15, 0.2) is 0 Å². The van der Waals surface area contributed by atoms with E-state index in [9.17, 15) is 9.59 Å². The SMILES string of the molecule is CC(C)(C)OCC1CCC(COC(=O)C2CCC(C(=O)C(C)(C)C)CC2)CC1. The number of carbonyl (C=O) groups is 2. The van der Waals surface area contributed by atoms with Gasteiger partial charge in [0.05, 0.1) is 24.7 Å². The quantitative estimate of drug-likeness (QED) is 0.552. The first-order valence-corrected chi connectivity index (χ1v) is 11.3. The highest BCUT2D eigenvalue weighted by atomic mass is 16.5. The van der Waals surface area contributed by atoms with Gasteiger partial charge in [0, 0.05) is 11.3 Å². The molecule has 28 heavy (non-hydrogen) atoms. The first kappa shape index (κ1) is 23.4. The molecule has 2 fully saturated rings. The van der Waals surface area contributed by atoms with Gasteiger partial charge in [0.1, 0.15) is 5.78 Å². The van der Waals surface area contributed by atoms with Crippen molar-refractivity contribution in [1.29, 1.82) is 0 Å². The lowest BCUT2D eigenvalue weighted by Gasteiger charge is -2.32. The van der Waals surface area contributed by atoms with Crippen molar-refractivity contribution >= 4 is 11.8 Å². The van der Waals surface area contributed by atoms with Crippen LogP contribution in [-0.4, -0.2) is 30.6 Å². The number of hydrogen-bond acceptors (Lipinski definition) is 4. The fourth-order valence-electron chi connectivity index (χ4n) is 4.45. The van der Waals surface area contributed by atoms with Crippen molar-refractivity contribution in [1.82, 2.24) is 0 Å². The average molecular weight is 395 g/mol. The van der Waals surface area contributed by atoms with E-state index in [1.807, 2.05) is 20.8 Å². The smallest absolute Gasteiger partial charge is 0.308 e. The van der Waals surface area contributed by atoms with Gasteiger partial charge in [0.25, 0.3) is 0 Å². The summed E-state index contributed by atoms with van der Waals surface area (Å²) in [4.78, 5) is 24.9. The van der Waals surface area contributed by atoms with Crippen LogP contribution in [0.5, 0.6) is 0 Å². The third-order valence-corrected chi connectivity index (χ3v) is 6.35. The fourth-order valence-corrected chi connectivity index (χ4v) is 4.45. The van der Waals surface area contributed by atoms with Gasteiger partial charge < -0.3 is 9.47 Å². The van der Waals surface area contributed by atoms with Gasteiger partial charge in [-0.15, -0.1) is 0 Å². The Morgan fingerprint density at radius 1 is 0.714 bits per heavy atom. The van der Waals surface area contributed by atoms with Crippen LogP contribution in [0.1, 0.15) is 92.9 Å². The number of ketones is 1. The van der Waals surface area contributed by atoms with Crippen LogP contribution in [0.3, 0.4) is 0 Å². The molecule has 0 heterocycles. The maximum Gasteiger partial charge on any atom is 0.308 e. The lowest BCUT2D eigenvalue weighted by molar-refractivity contribution is -0.152. The van der Waals surface area contributed by atoms with Crippen LogP contribution in [0, 0.1) is 29.1 Å².